The Hall–Kier alpha value is -3.22. The van der Waals surface area contributed by atoms with Gasteiger partial charge in [-0.25, -0.2) is 4.79 Å². The van der Waals surface area contributed by atoms with Crippen molar-refractivity contribution in [2.24, 2.45) is 17.2 Å². The number of phenols is 1. The minimum Gasteiger partial charge on any atom is -0.508 e. The van der Waals surface area contributed by atoms with Crippen LogP contribution in [0.25, 0.3) is 0 Å². The first-order chi connectivity index (χ1) is 18.2. The number of nitrogens with two attached hydrogens (primary N) is 3. The van der Waals surface area contributed by atoms with Crippen molar-refractivity contribution in [3.05, 3.63) is 29.8 Å². The van der Waals surface area contributed by atoms with Crippen LogP contribution >= 0.6 is 0 Å². The van der Waals surface area contributed by atoms with Gasteiger partial charge in [-0.15, -0.1) is 0 Å². The summed E-state index contributed by atoms with van der Waals surface area (Å²) in [5.41, 5.74) is 17.7. The van der Waals surface area contributed by atoms with Crippen molar-refractivity contribution in [3.63, 3.8) is 0 Å². The highest BCUT2D eigenvalue weighted by Gasteiger charge is 2.39. The third-order valence-corrected chi connectivity index (χ3v) is 6.70. The highest BCUT2D eigenvalue weighted by molar-refractivity contribution is 5.94. The Kier molecular flexibility index (Phi) is 13.0. The average Bonchev–Trinajstić information content (AvgIpc) is 3.38. The molecule has 1 aromatic rings. The summed E-state index contributed by atoms with van der Waals surface area (Å²) in [5, 5.41) is 24.5. The first-order valence-corrected chi connectivity index (χ1v) is 13.3. The monoisotopic (exact) mass is 534 g/mol. The fraction of sp³-hybridized carbons (Fsp3) is 0.615. The van der Waals surface area contributed by atoms with E-state index in [9.17, 15) is 29.4 Å². The van der Waals surface area contributed by atoms with Gasteiger partial charge >= 0.3 is 5.97 Å². The smallest absolute Gasteiger partial charge is 0.326 e. The summed E-state index contributed by atoms with van der Waals surface area (Å²) in [6.45, 7) is 1.22. The normalized spacial score (nSPS) is 17.4. The maximum Gasteiger partial charge on any atom is 0.326 e. The molecule has 0 radical (unpaired) electrons. The van der Waals surface area contributed by atoms with Crippen LogP contribution in [0.15, 0.2) is 24.3 Å². The molecule has 3 amide bonds. The van der Waals surface area contributed by atoms with Gasteiger partial charge in [0.2, 0.25) is 17.7 Å². The molecule has 1 fully saturated rings. The Morgan fingerprint density at radius 3 is 2.18 bits per heavy atom. The molecule has 1 aliphatic rings. The van der Waals surface area contributed by atoms with Crippen molar-refractivity contribution < 1.29 is 29.4 Å². The summed E-state index contributed by atoms with van der Waals surface area (Å²) in [4.78, 5) is 52.6. The Labute approximate surface area is 223 Å². The molecule has 10 N–H and O–H groups in total. The number of phenolic OH excluding ortho intramolecular Hbond substituents is 1. The molecule has 1 saturated heterocycles. The van der Waals surface area contributed by atoms with Gasteiger partial charge in [0.15, 0.2) is 0 Å². The fourth-order valence-electron chi connectivity index (χ4n) is 4.51. The third-order valence-electron chi connectivity index (χ3n) is 6.70. The molecule has 0 aliphatic carbocycles. The number of rotatable bonds is 16. The number of hydrogen-bond donors (Lipinski definition) is 7. The van der Waals surface area contributed by atoms with Gasteiger partial charge < -0.3 is 42.9 Å². The summed E-state index contributed by atoms with van der Waals surface area (Å²) in [6, 6.07) is 2.52. The maximum absolute atomic E-state index is 13.7. The van der Waals surface area contributed by atoms with E-state index in [-0.39, 0.29) is 18.6 Å². The topological polar surface area (TPSA) is 214 Å². The SMILES string of the molecule is NCCCCC(N)C(=O)NC(Cc1ccc(O)cc1)C(=O)N1CCCC1C(=O)NC(CCCCN)C(=O)O. The number of likely N-dealkylation sites (tertiary alicyclic amines) is 1. The number of unbranched alkanes of at least 4 members (excludes halogenated alkanes) is 2. The largest absolute Gasteiger partial charge is 0.508 e. The number of nitrogens with zero attached hydrogens (tertiary/aromatic N) is 1. The van der Waals surface area contributed by atoms with Crippen LogP contribution in [0.2, 0.25) is 0 Å². The predicted octanol–water partition coefficient (Wildman–Crippen LogP) is -0.435. The van der Waals surface area contributed by atoms with E-state index in [0.29, 0.717) is 63.7 Å². The van der Waals surface area contributed by atoms with Crippen LogP contribution in [0.1, 0.15) is 56.9 Å². The van der Waals surface area contributed by atoms with E-state index in [1.54, 1.807) is 12.1 Å². The van der Waals surface area contributed by atoms with Crippen LogP contribution < -0.4 is 27.8 Å². The first-order valence-electron chi connectivity index (χ1n) is 13.3. The fourth-order valence-corrected chi connectivity index (χ4v) is 4.51. The van der Waals surface area contributed by atoms with Gasteiger partial charge in [0.05, 0.1) is 6.04 Å². The molecule has 4 atom stereocenters. The second-order valence-corrected chi connectivity index (χ2v) is 9.70. The van der Waals surface area contributed by atoms with E-state index in [1.165, 1.54) is 17.0 Å². The van der Waals surface area contributed by atoms with Crippen LogP contribution in [-0.4, -0.2) is 82.6 Å². The Balaban J connectivity index is 2.17. The molecule has 1 aliphatic heterocycles. The quantitative estimate of drug-likeness (QED) is 0.137. The number of nitrogens with one attached hydrogen (secondary N) is 2. The number of carbonyl (C=O) groups excluding carboxylic acids is 3. The molecular weight excluding hydrogens is 492 g/mol. The van der Waals surface area contributed by atoms with Crippen LogP contribution in [0.3, 0.4) is 0 Å². The van der Waals surface area contributed by atoms with Gasteiger partial charge in [-0.1, -0.05) is 18.6 Å². The number of hydrogen-bond acceptors (Lipinski definition) is 8. The van der Waals surface area contributed by atoms with E-state index in [1.807, 2.05) is 0 Å². The lowest BCUT2D eigenvalue weighted by atomic mass is 10.0. The molecular formula is C26H42N6O6. The van der Waals surface area contributed by atoms with Gasteiger partial charge in [-0.2, -0.15) is 0 Å². The molecule has 0 aromatic heterocycles. The van der Waals surface area contributed by atoms with Crippen LogP contribution in [0.4, 0.5) is 0 Å². The Bertz CT molecular complexity index is 927. The number of aliphatic carboxylic acids is 1. The number of amides is 3. The molecule has 4 unspecified atom stereocenters. The lowest BCUT2D eigenvalue weighted by Gasteiger charge is -2.30. The molecule has 0 saturated carbocycles. The second kappa shape index (κ2) is 15.9. The summed E-state index contributed by atoms with van der Waals surface area (Å²) in [6.07, 6.45) is 4.31. The predicted molar refractivity (Wildman–Crippen MR) is 142 cm³/mol. The van der Waals surface area contributed by atoms with E-state index in [0.717, 1.165) is 6.42 Å². The second-order valence-electron chi connectivity index (χ2n) is 9.70. The summed E-state index contributed by atoms with van der Waals surface area (Å²) in [5.74, 6) is -2.55. The molecule has 1 aromatic carbocycles. The van der Waals surface area contributed by atoms with Gasteiger partial charge in [-0.05, 0) is 75.7 Å². The zero-order chi connectivity index (χ0) is 28.1. The molecule has 38 heavy (non-hydrogen) atoms. The van der Waals surface area contributed by atoms with Crippen molar-refractivity contribution in [1.82, 2.24) is 15.5 Å². The zero-order valence-electron chi connectivity index (χ0n) is 21.8. The van der Waals surface area contributed by atoms with Crippen molar-refractivity contribution >= 4 is 23.7 Å². The van der Waals surface area contributed by atoms with Gasteiger partial charge in [0.25, 0.3) is 0 Å². The molecule has 212 valence electrons. The molecule has 1 heterocycles. The number of benzene rings is 1. The van der Waals surface area contributed by atoms with Gasteiger partial charge in [0.1, 0.15) is 23.9 Å². The molecule has 2 rings (SSSR count). The first kappa shape index (κ1) is 31.0. The zero-order valence-corrected chi connectivity index (χ0v) is 21.8. The van der Waals surface area contributed by atoms with Gasteiger partial charge in [0, 0.05) is 13.0 Å². The minimum absolute atomic E-state index is 0.0679. The minimum atomic E-state index is -1.15. The Morgan fingerprint density at radius 2 is 1.58 bits per heavy atom. The van der Waals surface area contributed by atoms with E-state index in [2.05, 4.69) is 10.6 Å². The van der Waals surface area contributed by atoms with Crippen molar-refractivity contribution in [2.75, 3.05) is 19.6 Å². The number of carbonyl (C=O) groups is 4. The van der Waals surface area contributed by atoms with Crippen molar-refractivity contribution in [2.45, 2.75) is 82.0 Å². The number of carboxylic acids is 1. The number of aromatic hydroxyl groups is 1. The van der Waals surface area contributed by atoms with Crippen LogP contribution in [-0.2, 0) is 25.6 Å². The summed E-state index contributed by atoms with van der Waals surface area (Å²) < 4.78 is 0. The Morgan fingerprint density at radius 1 is 0.947 bits per heavy atom. The average molecular weight is 535 g/mol. The summed E-state index contributed by atoms with van der Waals surface area (Å²) >= 11 is 0. The lowest BCUT2D eigenvalue weighted by Crippen LogP contribution is -2.57. The van der Waals surface area contributed by atoms with Crippen LogP contribution in [0.5, 0.6) is 5.75 Å². The molecule has 0 bridgehead atoms. The lowest BCUT2D eigenvalue weighted by molar-refractivity contribution is -0.145. The molecule has 12 heteroatoms. The standard InChI is InChI=1S/C26H42N6O6/c27-13-3-1-6-19(29)23(34)31-21(16-17-9-11-18(33)12-10-17)25(36)32-15-5-8-22(32)24(35)30-20(26(37)38)7-2-4-14-28/h9-12,19-22,33H,1-8,13-16,27-29H2,(H,30,35)(H,31,34)(H,37,38). The highest BCUT2D eigenvalue weighted by Crippen LogP contribution is 2.21. The van der Waals surface area contributed by atoms with Crippen molar-refractivity contribution in [1.29, 1.82) is 0 Å². The molecule has 0 spiro atoms. The molecule has 12 nitrogen and oxygen atoms in total. The van der Waals surface area contributed by atoms with Crippen LogP contribution in [0, 0.1) is 0 Å². The van der Waals surface area contributed by atoms with E-state index >= 15 is 0 Å². The highest BCUT2D eigenvalue weighted by atomic mass is 16.4. The third kappa shape index (κ3) is 9.58. The van der Waals surface area contributed by atoms with Gasteiger partial charge in [-0.3, -0.25) is 14.4 Å². The van der Waals surface area contributed by atoms with Crippen molar-refractivity contribution in [3.8, 4) is 5.75 Å². The van der Waals surface area contributed by atoms with E-state index < -0.39 is 47.9 Å². The van der Waals surface area contributed by atoms with E-state index in [4.69, 9.17) is 17.2 Å². The maximum atomic E-state index is 13.7. The number of carboxylic acid groups (broad SMARTS) is 1. The summed E-state index contributed by atoms with van der Waals surface area (Å²) in [7, 11) is 0.